The fourth-order valence-corrected chi connectivity index (χ4v) is 1.86. The monoisotopic (exact) mass is 180 g/mol. The molecule has 4 nitrogen and oxygen atoms in total. The zero-order valence-electron chi connectivity index (χ0n) is 8.17. The molecule has 0 amide bonds. The third kappa shape index (κ3) is 1.31. The van der Waals surface area contributed by atoms with Crippen LogP contribution in [0.5, 0.6) is 0 Å². The standard InChI is InChI=1S/C9H16N4/c1-9(4-3-5-11-9)7-6-8(10)13(2)12-7/h6,11H,3-5,10H2,1-2H3. The maximum Gasteiger partial charge on any atom is 0.121 e. The lowest BCUT2D eigenvalue weighted by molar-refractivity contribution is 0.416. The van der Waals surface area contributed by atoms with Crippen molar-refractivity contribution in [2.24, 2.45) is 7.05 Å². The van der Waals surface area contributed by atoms with Gasteiger partial charge in [-0.15, -0.1) is 0 Å². The molecule has 1 atom stereocenters. The molecule has 3 N–H and O–H groups in total. The number of nitrogens with zero attached hydrogens (tertiary/aromatic N) is 2. The van der Waals surface area contributed by atoms with Crippen molar-refractivity contribution >= 4 is 5.82 Å². The second-order valence-corrected chi connectivity index (χ2v) is 3.94. The van der Waals surface area contributed by atoms with Gasteiger partial charge in [0.25, 0.3) is 0 Å². The molecule has 1 saturated heterocycles. The Morgan fingerprint density at radius 3 is 2.92 bits per heavy atom. The van der Waals surface area contributed by atoms with Crippen LogP contribution in [-0.4, -0.2) is 16.3 Å². The first-order valence-corrected chi connectivity index (χ1v) is 4.67. The fraction of sp³-hybridized carbons (Fsp3) is 0.667. The van der Waals surface area contributed by atoms with Crippen LogP contribution >= 0.6 is 0 Å². The highest BCUT2D eigenvalue weighted by Gasteiger charge is 2.32. The summed E-state index contributed by atoms with van der Waals surface area (Å²) in [6, 6.07) is 1.96. The summed E-state index contributed by atoms with van der Waals surface area (Å²) in [7, 11) is 1.87. The minimum atomic E-state index is 0.0371. The molecule has 1 aliphatic rings. The fourth-order valence-electron chi connectivity index (χ4n) is 1.86. The van der Waals surface area contributed by atoms with E-state index >= 15 is 0 Å². The average molecular weight is 180 g/mol. The van der Waals surface area contributed by atoms with E-state index in [1.165, 1.54) is 6.42 Å². The topological polar surface area (TPSA) is 55.9 Å². The first-order valence-electron chi connectivity index (χ1n) is 4.67. The zero-order chi connectivity index (χ0) is 9.47. The number of rotatable bonds is 1. The van der Waals surface area contributed by atoms with E-state index in [4.69, 9.17) is 5.73 Å². The molecule has 1 aromatic rings. The van der Waals surface area contributed by atoms with Crippen LogP contribution in [0.3, 0.4) is 0 Å². The van der Waals surface area contributed by atoms with Crippen LogP contribution in [0, 0.1) is 0 Å². The molecule has 0 aromatic carbocycles. The van der Waals surface area contributed by atoms with Crippen LogP contribution in [-0.2, 0) is 12.6 Å². The van der Waals surface area contributed by atoms with Crippen molar-refractivity contribution in [3.63, 3.8) is 0 Å². The van der Waals surface area contributed by atoms with Crippen LogP contribution in [0.1, 0.15) is 25.5 Å². The van der Waals surface area contributed by atoms with Crippen molar-refractivity contribution in [3.8, 4) is 0 Å². The predicted octanol–water partition coefficient (Wildman–Crippen LogP) is 0.601. The summed E-state index contributed by atoms with van der Waals surface area (Å²) in [6.45, 7) is 3.26. The number of hydrogen-bond donors (Lipinski definition) is 2. The van der Waals surface area contributed by atoms with Gasteiger partial charge in [0.05, 0.1) is 11.2 Å². The smallest absolute Gasteiger partial charge is 0.121 e. The van der Waals surface area contributed by atoms with Crippen molar-refractivity contribution in [3.05, 3.63) is 11.8 Å². The number of anilines is 1. The number of hydrogen-bond acceptors (Lipinski definition) is 3. The SMILES string of the molecule is Cn1nc(C2(C)CCCN2)cc1N. The lowest BCUT2D eigenvalue weighted by atomic mass is 9.96. The quantitative estimate of drug-likeness (QED) is 0.665. The Hall–Kier alpha value is -1.03. The molecule has 0 radical (unpaired) electrons. The van der Waals surface area contributed by atoms with E-state index in [1.54, 1.807) is 4.68 Å². The van der Waals surface area contributed by atoms with Gasteiger partial charge in [0.2, 0.25) is 0 Å². The van der Waals surface area contributed by atoms with E-state index < -0.39 is 0 Å². The van der Waals surface area contributed by atoms with Gasteiger partial charge in [-0.05, 0) is 26.3 Å². The van der Waals surface area contributed by atoms with Crippen LogP contribution in [0.15, 0.2) is 6.07 Å². The molecular formula is C9H16N4. The first kappa shape index (κ1) is 8.56. The highest BCUT2D eigenvalue weighted by atomic mass is 15.3. The lowest BCUT2D eigenvalue weighted by Gasteiger charge is -2.21. The van der Waals surface area contributed by atoms with Gasteiger partial charge >= 0.3 is 0 Å². The van der Waals surface area contributed by atoms with Crippen LogP contribution in [0.2, 0.25) is 0 Å². The highest BCUT2D eigenvalue weighted by Crippen LogP contribution is 2.29. The van der Waals surface area contributed by atoms with E-state index in [0.717, 1.165) is 24.5 Å². The Morgan fingerprint density at radius 1 is 1.69 bits per heavy atom. The summed E-state index contributed by atoms with van der Waals surface area (Å²) in [5, 5.41) is 7.85. The molecule has 0 saturated carbocycles. The molecule has 13 heavy (non-hydrogen) atoms. The van der Waals surface area contributed by atoms with Crippen molar-refractivity contribution < 1.29 is 0 Å². The number of nitrogens with one attached hydrogen (secondary N) is 1. The summed E-state index contributed by atoms with van der Waals surface area (Å²) in [5.74, 6) is 0.727. The normalized spacial score (nSPS) is 28.2. The molecule has 0 spiro atoms. The minimum Gasteiger partial charge on any atom is -0.384 e. The van der Waals surface area contributed by atoms with Gasteiger partial charge < -0.3 is 11.1 Å². The molecule has 1 aromatic heterocycles. The van der Waals surface area contributed by atoms with E-state index in [-0.39, 0.29) is 5.54 Å². The molecule has 1 unspecified atom stereocenters. The second kappa shape index (κ2) is 2.73. The zero-order valence-corrected chi connectivity index (χ0v) is 8.17. The number of aromatic nitrogens is 2. The first-order chi connectivity index (χ1) is 6.12. The third-order valence-electron chi connectivity index (χ3n) is 2.85. The van der Waals surface area contributed by atoms with Crippen molar-refractivity contribution in [1.29, 1.82) is 0 Å². The van der Waals surface area contributed by atoms with Gasteiger partial charge in [-0.3, -0.25) is 4.68 Å². The number of aryl methyl sites for hydroxylation is 1. The second-order valence-electron chi connectivity index (χ2n) is 3.94. The summed E-state index contributed by atoms with van der Waals surface area (Å²) in [6.07, 6.45) is 2.36. The highest BCUT2D eigenvalue weighted by molar-refractivity contribution is 5.33. The number of nitrogens with two attached hydrogens (primary N) is 1. The van der Waals surface area contributed by atoms with Gasteiger partial charge in [-0.1, -0.05) is 0 Å². The minimum absolute atomic E-state index is 0.0371. The van der Waals surface area contributed by atoms with Crippen LogP contribution in [0.4, 0.5) is 5.82 Å². The van der Waals surface area contributed by atoms with Gasteiger partial charge in [0.1, 0.15) is 5.82 Å². The molecule has 0 aliphatic carbocycles. The van der Waals surface area contributed by atoms with Gasteiger partial charge in [0.15, 0.2) is 0 Å². The Bertz CT molecular complexity index is 290. The molecule has 0 bridgehead atoms. The van der Waals surface area contributed by atoms with E-state index in [0.29, 0.717) is 0 Å². The molecule has 2 rings (SSSR count). The predicted molar refractivity (Wildman–Crippen MR) is 52.2 cm³/mol. The Morgan fingerprint density at radius 2 is 2.46 bits per heavy atom. The summed E-state index contributed by atoms with van der Waals surface area (Å²) >= 11 is 0. The van der Waals surface area contributed by atoms with Crippen molar-refractivity contribution in [2.45, 2.75) is 25.3 Å². The van der Waals surface area contributed by atoms with Crippen molar-refractivity contribution in [2.75, 3.05) is 12.3 Å². The average Bonchev–Trinajstić information content (AvgIpc) is 2.62. The summed E-state index contributed by atoms with van der Waals surface area (Å²) < 4.78 is 1.72. The largest absolute Gasteiger partial charge is 0.384 e. The summed E-state index contributed by atoms with van der Waals surface area (Å²) in [4.78, 5) is 0. The van der Waals surface area contributed by atoms with E-state index in [9.17, 15) is 0 Å². The van der Waals surface area contributed by atoms with Gasteiger partial charge in [-0.2, -0.15) is 5.10 Å². The van der Waals surface area contributed by atoms with Crippen molar-refractivity contribution in [1.82, 2.24) is 15.1 Å². The van der Waals surface area contributed by atoms with Gasteiger partial charge in [0, 0.05) is 13.1 Å². The lowest BCUT2D eigenvalue weighted by Crippen LogP contribution is -2.33. The molecular weight excluding hydrogens is 164 g/mol. The Labute approximate surface area is 78.1 Å². The van der Waals surface area contributed by atoms with Crippen LogP contribution in [0.25, 0.3) is 0 Å². The molecule has 2 heterocycles. The van der Waals surface area contributed by atoms with E-state index in [2.05, 4.69) is 17.3 Å². The Kier molecular flexibility index (Phi) is 1.80. The maximum atomic E-state index is 5.74. The molecule has 4 heteroatoms. The summed E-state index contributed by atoms with van der Waals surface area (Å²) in [5.41, 5.74) is 6.84. The third-order valence-corrected chi connectivity index (χ3v) is 2.85. The number of nitrogen functional groups attached to an aromatic ring is 1. The Balaban J connectivity index is 2.34. The van der Waals surface area contributed by atoms with E-state index in [1.807, 2.05) is 13.1 Å². The van der Waals surface area contributed by atoms with Gasteiger partial charge in [-0.25, -0.2) is 0 Å². The molecule has 1 fully saturated rings. The molecule has 72 valence electrons. The molecule has 1 aliphatic heterocycles. The van der Waals surface area contributed by atoms with Crippen LogP contribution < -0.4 is 11.1 Å². The maximum absolute atomic E-state index is 5.74.